The van der Waals surface area contributed by atoms with Crippen molar-refractivity contribution in [2.24, 2.45) is 0 Å². The highest BCUT2D eigenvalue weighted by Gasteiger charge is 2.19. The number of rotatable bonds is 7. The predicted molar refractivity (Wildman–Crippen MR) is 126 cm³/mol. The van der Waals surface area contributed by atoms with Gasteiger partial charge in [0.05, 0.1) is 11.7 Å². The number of halogens is 2. The fourth-order valence-electron chi connectivity index (χ4n) is 3.93. The van der Waals surface area contributed by atoms with Gasteiger partial charge in [-0.25, -0.2) is 9.37 Å². The van der Waals surface area contributed by atoms with Crippen molar-refractivity contribution in [2.75, 3.05) is 11.9 Å². The molecule has 0 aliphatic carbocycles. The third-order valence-electron chi connectivity index (χ3n) is 5.65. The van der Waals surface area contributed by atoms with E-state index in [1.165, 1.54) is 6.20 Å². The van der Waals surface area contributed by atoms with E-state index in [9.17, 15) is 9.18 Å². The predicted octanol–water partition coefficient (Wildman–Crippen LogP) is 5.73. The average Bonchev–Trinajstić information content (AvgIpc) is 3.02. The molecular weight excluding hydrogens is 413 g/mol. The molecule has 2 heterocycles. The van der Waals surface area contributed by atoms with Crippen molar-refractivity contribution in [3.8, 4) is 0 Å². The maximum absolute atomic E-state index is 14.7. The molecule has 4 rings (SSSR count). The lowest BCUT2D eigenvalue weighted by Gasteiger charge is -2.13. The van der Waals surface area contributed by atoms with E-state index in [2.05, 4.69) is 27.0 Å². The van der Waals surface area contributed by atoms with Crippen LogP contribution >= 0.6 is 12.4 Å². The molecule has 2 aromatic heterocycles. The zero-order valence-electron chi connectivity index (χ0n) is 17.6. The first-order valence-electron chi connectivity index (χ1n) is 10.0. The zero-order chi connectivity index (χ0) is 21.1. The number of pyridine rings is 1. The first-order chi connectivity index (χ1) is 14.6. The number of nitrogens with one attached hydrogen (secondary N) is 1. The molecule has 2 aromatic carbocycles. The van der Waals surface area contributed by atoms with Crippen molar-refractivity contribution < 1.29 is 9.18 Å². The van der Waals surface area contributed by atoms with Gasteiger partial charge in [0.2, 0.25) is 0 Å². The third kappa shape index (κ3) is 4.47. The molecule has 6 heteroatoms. The molecule has 0 radical (unpaired) electrons. The molecule has 0 unspecified atom stereocenters. The van der Waals surface area contributed by atoms with Crippen molar-refractivity contribution in [1.82, 2.24) is 9.55 Å². The van der Waals surface area contributed by atoms with Gasteiger partial charge in [-0.15, -0.1) is 12.4 Å². The first kappa shape index (κ1) is 22.5. The molecule has 0 atom stereocenters. The van der Waals surface area contributed by atoms with Gasteiger partial charge >= 0.3 is 0 Å². The highest BCUT2D eigenvalue weighted by molar-refractivity contribution is 5.93. The van der Waals surface area contributed by atoms with E-state index < -0.39 is 0 Å². The summed E-state index contributed by atoms with van der Waals surface area (Å²) in [7, 11) is 0. The number of hydrogen-bond acceptors (Lipinski definition) is 3. The fourth-order valence-corrected chi connectivity index (χ4v) is 3.93. The number of carbonyl (C=O) groups is 1. The molecular formula is C25H25ClFN3O. The van der Waals surface area contributed by atoms with Crippen LogP contribution in [0.5, 0.6) is 0 Å². The van der Waals surface area contributed by atoms with E-state index >= 15 is 0 Å². The number of hydrogen-bond donors (Lipinski definition) is 1. The molecule has 4 nitrogen and oxygen atoms in total. The third-order valence-corrected chi connectivity index (χ3v) is 5.65. The van der Waals surface area contributed by atoms with Crippen LogP contribution in [0.3, 0.4) is 0 Å². The second-order valence-corrected chi connectivity index (χ2v) is 7.45. The molecule has 1 N–H and O–H groups in total. The number of fused-ring (bicyclic) bond motifs is 1. The van der Waals surface area contributed by atoms with E-state index in [0.717, 1.165) is 34.2 Å². The molecule has 4 aromatic rings. The standard InChI is InChI=1S/C25H24FN3O.ClH/c1-17-18(2)29(15-19-8-4-3-5-9-19)24-23(17)22(26)14-28-25(24)27-13-12-20-10-6-7-11-21(20)16-30;/h3-11,14,16H,12-13,15H2,1-2H3,(H,27,28);1H. The molecule has 0 saturated heterocycles. The number of carbonyl (C=O) groups excluding carboxylic acids is 1. The quantitative estimate of drug-likeness (QED) is 0.375. The van der Waals surface area contributed by atoms with Gasteiger partial charge in [-0.1, -0.05) is 54.6 Å². The highest BCUT2D eigenvalue weighted by Crippen LogP contribution is 2.32. The van der Waals surface area contributed by atoms with Gasteiger partial charge in [0.25, 0.3) is 0 Å². The van der Waals surface area contributed by atoms with Crippen molar-refractivity contribution in [2.45, 2.75) is 26.8 Å². The fraction of sp³-hybridized carbons (Fsp3) is 0.200. The number of anilines is 1. The van der Waals surface area contributed by atoms with Crippen LogP contribution in [0.1, 0.15) is 32.7 Å². The molecule has 0 saturated carbocycles. The summed E-state index contributed by atoms with van der Waals surface area (Å²) in [6.07, 6.45) is 2.83. The van der Waals surface area contributed by atoms with Crippen LogP contribution in [0.4, 0.5) is 10.2 Å². The molecule has 0 amide bonds. The van der Waals surface area contributed by atoms with Crippen LogP contribution in [-0.2, 0) is 13.0 Å². The Bertz CT molecular complexity index is 1200. The van der Waals surface area contributed by atoms with Gasteiger partial charge in [0, 0.05) is 29.7 Å². The SMILES string of the molecule is Cc1c(C)n(Cc2ccccc2)c2c(NCCc3ccccc3C=O)ncc(F)c12.Cl. The molecule has 0 bridgehead atoms. The minimum absolute atomic E-state index is 0. The van der Waals surface area contributed by atoms with E-state index in [4.69, 9.17) is 0 Å². The van der Waals surface area contributed by atoms with Crippen LogP contribution in [0.15, 0.2) is 60.8 Å². The Labute approximate surface area is 187 Å². The van der Waals surface area contributed by atoms with E-state index in [-0.39, 0.29) is 18.2 Å². The maximum Gasteiger partial charge on any atom is 0.151 e. The second kappa shape index (κ2) is 9.75. The van der Waals surface area contributed by atoms with Crippen molar-refractivity contribution >= 4 is 35.4 Å². The summed E-state index contributed by atoms with van der Waals surface area (Å²) in [4.78, 5) is 15.6. The maximum atomic E-state index is 14.7. The number of aromatic nitrogens is 2. The number of aryl methyl sites for hydroxylation is 1. The zero-order valence-corrected chi connectivity index (χ0v) is 18.4. The van der Waals surface area contributed by atoms with Crippen molar-refractivity contribution in [3.05, 3.63) is 94.6 Å². The summed E-state index contributed by atoms with van der Waals surface area (Å²) >= 11 is 0. The Morgan fingerprint density at radius 1 is 1.06 bits per heavy atom. The summed E-state index contributed by atoms with van der Waals surface area (Å²) in [5.41, 5.74) is 5.54. The van der Waals surface area contributed by atoms with E-state index in [1.54, 1.807) is 0 Å². The Morgan fingerprint density at radius 3 is 2.52 bits per heavy atom. The molecule has 0 fully saturated rings. The highest BCUT2D eigenvalue weighted by atomic mass is 35.5. The Balaban J connectivity index is 0.00000272. The second-order valence-electron chi connectivity index (χ2n) is 7.45. The minimum atomic E-state index is -0.311. The van der Waals surface area contributed by atoms with Gasteiger partial charge in [-0.2, -0.15) is 0 Å². The lowest BCUT2D eigenvalue weighted by molar-refractivity contribution is 0.112. The smallest absolute Gasteiger partial charge is 0.151 e. The minimum Gasteiger partial charge on any atom is -0.368 e. The van der Waals surface area contributed by atoms with E-state index in [0.29, 0.717) is 36.3 Å². The van der Waals surface area contributed by atoms with Gasteiger partial charge in [0.1, 0.15) is 6.29 Å². The molecule has 160 valence electrons. The summed E-state index contributed by atoms with van der Waals surface area (Å²) in [5.74, 6) is 0.344. The summed E-state index contributed by atoms with van der Waals surface area (Å²) in [5, 5.41) is 3.97. The molecule has 31 heavy (non-hydrogen) atoms. The Hall–Kier alpha value is -3.18. The van der Waals surface area contributed by atoms with Crippen molar-refractivity contribution in [3.63, 3.8) is 0 Å². The lowest BCUT2D eigenvalue weighted by Crippen LogP contribution is -2.10. The summed E-state index contributed by atoms with van der Waals surface area (Å²) in [6.45, 7) is 5.20. The lowest BCUT2D eigenvalue weighted by atomic mass is 10.1. The normalized spacial score (nSPS) is 10.7. The average molecular weight is 438 g/mol. The number of aldehydes is 1. The van der Waals surface area contributed by atoms with Crippen LogP contribution in [0, 0.1) is 19.7 Å². The Kier molecular flexibility index (Phi) is 7.08. The van der Waals surface area contributed by atoms with E-state index in [1.807, 2.05) is 56.3 Å². The van der Waals surface area contributed by atoms with Crippen LogP contribution in [0.2, 0.25) is 0 Å². The molecule has 0 spiro atoms. The largest absolute Gasteiger partial charge is 0.368 e. The molecule has 0 aliphatic rings. The van der Waals surface area contributed by atoms with Crippen LogP contribution in [-0.4, -0.2) is 22.4 Å². The number of nitrogens with zero attached hydrogens (tertiary/aromatic N) is 2. The van der Waals surface area contributed by atoms with Gasteiger partial charge < -0.3 is 9.88 Å². The van der Waals surface area contributed by atoms with Crippen LogP contribution < -0.4 is 5.32 Å². The van der Waals surface area contributed by atoms with Crippen LogP contribution in [0.25, 0.3) is 10.9 Å². The topological polar surface area (TPSA) is 46.9 Å². The monoisotopic (exact) mass is 437 g/mol. The summed E-state index contributed by atoms with van der Waals surface area (Å²) in [6, 6.07) is 17.7. The van der Waals surface area contributed by atoms with Crippen molar-refractivity contribution in [1.29, 1.82) is 0 Å². The van der Waals surface area contributed by atoms with Gasteiger partial charge in [0.15, 0.2) is 11.6 Å². The first-order valence-corrected chi connectivity index (χ1v) is 10.0. The van der Waals surface area contributed by atoms with Gasteiger partial charge in [-0.05, 0) is 37.0 Å². The molecule has 0 aliphatic heterocycles. The summed E-state index contributed by atoms with van der Waals surface area (Å²) < 4.78 is 16.8. The number of benzene rings is 2. The van der Waals surface area contributed by atoms with Gasteiger partial charge in [-0.3, -0.25) is 4.79 Å². The Morgan fingerprint density at radius 2 is 1.77 bits per heavy atom.